The molecule has 0 aromatic carbocycles. The Balaban J connectivity index is 2.82. The van der Waals surface area contributed by atoms with Crippen LogP contribution in [-0.2, 0) is 0 Å². The third kappa shape index (κ3) is 4.63. The Bertz CT molecular complexity index is 464. The molecule has 8 heteroatoms. The van der Waals surface area contributed by atoms with Crippen molar-refractivity contribution >= 4 is 17.3 Å². The Labute approximate surface area is 117 Å². The van der Waals surface area contributed by atoms with Gasteiger partial charge >= 0.3 is 5.69 Å². The van der Waals surface area contributed by atoms with Crippen molar-refractivity contribution in [3.05, 3.63) is 22.2 Å². The van der Waals surface area contributed by atoms with Crippen molar-refractivity contribution in [2.24, 2.45) is 11.3 Å². The van der Waals surface area contributed by atoms with Crippen LogP contribution in [0.2, 0.25) is 0 Å². The molecule has 0 radical (unpaired) electrons. The number of nitro groups is 1. The van der Waals surface area contributed by atoms with Crippen molar-refractivity contribution in [2.75, 3.05) is 23.9 Å². The summed E-state index contributed by atoms with van der Waals surface area (Å²) in [6.07, 6.45) is 1.49. The van der Waals surface area contributed by atoms with Crippen molar-refractivity contribution in [3.63, 3.8) is 0 Å². The zero-order valence-electron chi connectivity index (χ0n) is 11.7. The monoisotopic (exact) mass is 283 g/mol. The Hall–Kier alpha value is -1.93. The molecule has 1 rings (SSSR count). The predicted molar refractivity (Wildman–Crippen MR) is 77.3 cm³/mol. The molecule has 8 nitrogen and oxygen atoms in total. The fourth-order valence-corrected chi connectivity index (χ4v) is 1.78. The first-order valence-corrected chi connectivity index (χ1v) is 6.36. The van der Waals surface area contributed by atoms with Crippen LogP contribution in [0, 0.1) is 15.5 Å². The summed E-state index contributed by atoms with van der Waals surface area (Å²) in [4.78, 5) is 14.5. The number of aliphatic hydroxyl groups is 1. The van der Waals surface area contributed by atoms with E-state index in [9.17, 15) is 10.1 Å². The van der Waals surface area contributed by atoms with Gasteiger partial charge in [-0.05, 0) is 24.3 Å². The molecule has 1 heterocycles. The lowest BCUT2D eigenvalue weighted by Gasteiger charge is -2.24. The van der Waals surface area contributed by atoms with E-state index < -0.39 is 4.92 Å². The molecule has 1 aromatic rings. The summed E-state index contributed by atoms with van der Waals surface area (Å²) < 4.78 is 0. The van der Waals surface area contributed by atoms with Crippen molar-refractivity contribution in [3.8, 4) is 0 Å². The highest BCUT2D eigenvalue weighted by Gasteiger charge is 2.21. The molecule has 20 heavy (non-hydrogen) atoms. The summed E-state index contributed by atoms with van der Waals surface area (Å²) in [5.41, 5.74) is 2.16. The van der Waals surface area contributed by atoms with E-state index in [0.717, 1.165) is 6.42 Å². The van der Waals surface area contributed by atoms with Crippen LogP contribution in [-0.4, -0.2) is 28.2 Å². The Morgan fingerprint density at radius 3 is 2.75 bits per heavy atom. The standard InChI is InChI=1S/C12H21N5O3/c1-12(2,6-3-7-18)8-14-11-9(17(19)20)4-5-10(15-11)16-13/h4-5,18H,3,6-8,13H2,1-2H3,(H2,14,15,16). The number of nitrogen functional groups attached to an aromatic ring is 1. The van der Waals surface area contributed by atoms with Gasteiger partial charge < -0.3 is 15.8 Å². The molecule has 0 spiro atoms. The topological polar surface area (TPSA) is 126 Å². The van der Waals surface area contributed by atoms with Crippen LogP contribution < -0.4 is 16.6 Å². The fraction of sp³-hybridized carbons (Fsp3) is 0.583. The van der Waals surface area contributed by atoms with Crippen molar-refractivity contribution in [1.82, 2.24) is 4.98 Å². The lowest BCUT2D eigenvalue weighted by molar-refractivity contribution is -0.384. The Morgan fingerprint density at radius 2 is 2.20 bits per heavy atom. The summed E-state index contributed by atoms with van der Waals surface area (Å²) in [6.45, 7) is 4.68. The van der Waals surface area contributed by atoms with Crippen LogP contribution >= 0.6 is 0 Å². The first kappa shape index (κ1) is 16.1. The zero-order chi connectivity index (χ0) is 15.2. The van der Waals surface area contributed by atoms with Crippen molar-refractivity contribution in [1.29, 1.82) is 0 Å². The van der Waals surface area contributed by atoms with Gasteiger partial charge in [0.05, 0.1) is 4.92 Å². The molecule has 0 bridgehead atoms. The number of rotatable bonds is 8. The third-order valence-electron chi connectivity index (χ3n) is 2.96. The van der Waals surface area contributed by atoms with E-state index >= 15 is 0 Å². The summed E-state index contributed by atoms with van der Waals surface area (Å²) >= 11 is 0. The molecule has 0 aliphatic carbocycles. The average molecular weight is 283 g/mol. The van der Waals surface area contributed by atoms with Gasteiger partial charge in [0.1, 0.15) is 5.82 Å². The Kier molecular flexibility index (Phi) is 5.66. The smallest absolute Gasteiger partial charge is 0.311 e. The van der Waals surface area contributed by atoms with E-state index in [4.69, 9.17) is 10.9 Å². The van der Waals surface area contributed by atoms with Crippen LogP contribution in [0.25, 0.3) is 0 Å². The van der Waals surface area contributed by atoms with Gasteiger partial charge in [0.15, 0.2) is 0 Å². The average Bonchev–Trinajstić information content (AvgIpc) is 2.42. The number of nitrogens with two attached hydrogens (primary N) is 1. The van der Waals surface area contributed by atoms with Gasteiger partial charge in [-0.15, -0.1) is 0 Å². The van der Waals surface area contributed by atoms with Crippen LogP contribution in [0.1, 0.15) is 26.7 Å². The van der Waals surface area contributed by atoms with Gasteiger partial charge in [-0.2, -0.15) is 0 Å². The third-order valence-corrected chi connectivity index (χ3v) is 2.96. The Morgan fingerprint density at radius 1 is 1.50 bits per heavy atom. The minimum atomic E-state index is -0.490. The maximum atomic E-state index is 11.0. The number of anilines is 2. The molecule has 0 amide bonds. The molecule has 112 valence electrons. The van der Waals surface area contributed by atoms with Crippen LogP contribution in [0.15, 0.2) is 12.1 Å². The second-order valence-electron chi connectivity index (χ2n) is 5.31. The maximum absolute atomic E-state index is 11.0. The summed E-state index contributed by atoms with van der Waals surface area (Å²) in [7, 11) is 0. The minimum absolute atomic E-state index is 0.0954. The van der Waals surface area contributed by atoms with Gasteiger partial charge in [-0.1, -0.05) is 13.8 Å². The summed E-state index contributed by atoms with van der Waals surface area (Å²) in [5.74, 6) is 5.79. The number of hydrogen-bond donors (Lipinski definition) is 4. The van der Waals surface area contributed by atoms with Gasteiger partial charge in [0, 0.05) is 19.2 Å². The fourth-order valence-electron chi connectivity index (χ4n) is 1.78. The van der Waals surface area contributed by atoms with Crippen LogP contribution in [0.5, 0.6) is 0 Å². The normalized spacial score (nSPS) is 11.2. The molecule has 0 aliphatic heterocycles. The second-order valence-corrected chi connectivity index (χ2v) is 5.31. The largest absolute Gasteiger partial charge is 0.396 e. The zero-order valence-corrected chi connectivity index (χ0v) is 11.7. The van der Waals surface area contributed by atoms with Gasteiger partial charge in [-0.3, -0.25) is 10.1 Å². The van der Waals surface area contributed by atoms with E-state index in [1.807, 2.05) is 13.8 Å². The number of aromatic nitrogens is 1. The molecular weight excluding hydrogens is 262 g/mol. The molecule has 5 N–H and O–H groups in total. The maximum Gasteiger partial charge on any atom is 0.311 e. The molecule has 0 saturated heterocycles. The molecule has 0 fully saturated rings. The van der Waals surface area contributed by atoms with E-state index in [0.29, 0.717) is 18.8 Å². The minimum Gasteiger partial charge on any atom is -0.396 e. The molecule has 0 aliphatic rings. The highest BCUT2D eigenvalue weighted by molar-refractivity contribution is 5.60. The predicted octanol–water partition coefficient (Wildman–Crippen LogP) is 1.49. The highest BCUT2D eigenvalue weighted by Crippen LogP contribution is 2.27. The molecule has 0 saturated carbocycles. The first-order valence-electron chi connectivity index (χ1n) is 6.36. The SMILES string of the molecule is CC(C)(CCCO)CNc1nc(NN)ccc1[N+](=O)[O-]. The van der Waals surface area contributed by atoms with Crippen LogP contribution in [0.3, 0.4) is 0 Å². The lowest BCUT2D eigenvalue weighted by atomic mass is 9.88. The second kappa shape index (κ2) is 7.01. The first-order chi connectivity index (χ1) is 9.39. The lowest BCUT2D eigenvalue weighted by Crippen LogP contribution is -2.24. The van der Waals surface area contributed by atoms with E-state index in [2.05, 4.69) is 15.7 Å². The van der Waals surface area contributed by atoms with E-state index in [1.165, 1.54) is 12.1 Å². The van der Waals surface area contributed by atoms with Gasteiger partial charge in [0.25, 0.3) is 0 Å². The highest BCUT2D eigenvalue weighted by atomic mass is 16.6. The molecule has 1 aromatic heterocycles. The van der Waals surface area contributed by atoms with E-state index in [1.54, 1.807) is 0 Å². The number of nitrogens with one attached hydrogen (secondary N) is 2. The van der Waals surface area contributed by atoms with Gasteiger partial charge in [0.2, 0.25) is 5.82 Å². The van der Waals surface area contributed by atoms with Gasteiger partial charge in [-0.25, -0.2) is 10.8 Å². The number of pyridine rings is 1. The van der Waals surface area contributed by atoms with E-state index in [-0.39, 0.29) is 23.5 Å². The molecular formula is C12H21N5O3. The number of hydrogen-bond acceptors (Lipinski definition) is 7. The number of hydrazine groups is 1. The number of aliphatic hydroxyl groups excluding tert-OH is 1. The van der Waals surface area contributed by atoms with Crippen molar-refractivity contribution in [2.45, 2.75) is 26.7 Å². The van der Waals surface area contributed by atoms with Crippen molar-refractivity contribution < 1.29 is 10.0 Å². The quantitative estimate of drug-likeness (QED) is 0.323. The summed E-state index contributed by atoms with van der Waals surface area (Å²) in [5, 5.41) is 22.8. The molecule has 0 atom stereocenters. The van der Waals surface area contributed by atoms with Crippen LogP contribution in [0.4, 0.5) is 17.3 Å². The molecule has 0 unspecified atom stereocenters. The summed E-state index contributed by atoms with van der Waals surface area (Å²) in [6, 6.07) is 2.80. The number of nitrogens with zero attached hydrogens (tertiary/aromatic N) is 2.